The number of fused-ring (bicyclic) bond motifs is 1. The van der Waals surface area contributed by atoms with E-state index in [4.69, 9.17) is 15.2 Å². The van der Waals surface area contributed by atoms with Crippen molar-refractivity contribution >= 4 is 10.0 Å². The van der Waals surface area contributed by atoms with Crippen molar-refractivity contribution in [2.75, 3.05) is 33.4 Å². The SMILES string of the molecule is COCCOc1ccc(F)cc1S(=O)(=O)N1CC2CCC(N)C2C1. The monoisotopic (exact) mass is 358 g/mol. The van der Waals surface area contributed by atoms with Gasteiger partial charge in [0, 0.05) is 26.2 Å². The van der Waals surface area contributed by atoms with Crippen molar-refractivity contribution in [3.63, 3.8) is 0 Å². The highest BCUT2D eigenvalue weighted by atomic mass is 32.2. The summed E-state index contributed by atoms with van der Waals surface area (Å²) in [5.41, 5.74) is 6.08. The second-order valence-corrected chi connectivity index (χ2v) is 8.33. The Morgan fingerprint density at radius 1 is 1.29 bits per heavy atom. The number of ether oxygens (including phenoxy) is 2. The minimum atomic E-state index is -3.82. The lowest BCUT2D eigenvalue weighted by molar-refractivity contribution is 0.144. The lowest BCUT2D eigenvalue weighted by Gasteiger charge is -2.20. The van der Waals surface area contributed by atoms with E-state index in [1.165, 1.54) is 23.5 Å². The van der Waals surface area contributed by atoms with Crippen LogP contribution in [0, 0.1) is 17.7 Å². The van der Waals surface area contributed by atoms with Crippen molar-refractivity contribution in [2.45, 2.75) is 23.8 Å². The first-order valence-corrected chi connectivity index (χ1v) is 9.54. The number of hydrogen-bond acceptors (Lipinski definition) is 5. The molecule has 1 saturated heterocycles. The highest BCUT2D eigenvalue weighted by molar-refractivity contribution is 7.89. The van der Waals surface area contributed by atoms with Gasteiger partial charge in [-0.05, 0) is 42.9 Å². The van der Waals surface area contributed by atoms with Crippen LogP contribution in [0.5, 0.6) is 5.75 Å². The average Bonchev–Trinajstić information content (AvgIpc) is 3.12. The van der Waals surface area contributed by atoms with Gasteiger partial charge in [0.05, 0.1) is 6.61 Å². The molecule has 134 valence electrons. The second-order valence-electron chi connectivity index (χ2n) is 6.42. The van der Waals surface area contributed by atoms with E-state index in [-0.39, 0.29) is 29.2 Å². The number of rotatable bonds is 6. The molecule has 0 spiro atoms. The largest absolute Gasteiger partial charge is 0.490 e. The lowest BCUT2D eigenvalue weighted by Crippen LogP contribution is -2.33. The molecule has 1 aromatic rings. The summed E-state index contributed by atoms with van der Waals surface area (Å²) in [6.45, 7) is 1.34. The fourth-order valence-corrected chi connectivity index (χ4v) is 5.32. The summed E-state index contributed by atoms with van der Waals surface area (Å²) in [6.07, 6.45) is 1.88. The zero-order valence-electron chi connectivity index (χ0n) is 13.7. The van der Waals surface area contributed by atoms with Crippen molar-refractivity contribution in [1.29, 1.82) is 0 Å². The van der Waals surface area contributed by atoms with E-state index < -0.39 is 15.8 Å². The number of nitrogens with zero attached hydrogens (tertiary/aromatic N) is 1. The Morgan fingerprint density at radius 3 is 2.79 bits per heavy atom. The van der Waals surface area contributed by atoms with Gasteiger partial charge < -0.3 is 15.2 Å². The van der Waals surface area contributed by atoms with Gasteiger partial charge in [-0.3, -0.25) is 0 Å². The molecule has 3 atom stereocenters. The summed E-state index contributed by atoms with van der Waals surface area (Å²) in [6, 6.07) is 3.60. The molecule has 1 aromatic carbocycles. The molecule has 0 radical (unpaired) electrons. The molecular formula is C16H23FN2O4S. The summed E-state index contributed by atoms with van der Waals surface area (Å²) in [5, 5.41) is 0. The van der Waals surface area contributed by atoms with Gasteiger partial charge in [0.15, 0.2) is 0 Å². The van der Waals surface area contributed by atoms with Gasteiger partial charge in [-0.25, -0.2) is 12.8 Å². The summed E-state index contributed by atoms with van der Waals surface area (Å²) >= 11 is 0. The van der Waals surface area contributed by atoms with E-state index in [0.717, 1.165) is 18.9 Å². The summed E-state index contributed by atoms with van der Waals surface area (Å²) in [4.78, 5) is -0.132. The summed E-state index contributed by atoms with van der Waals surface area (Å²) in [5.74, 6) is 0.0194. The van der Waals surface area contributed by atoms with E-state index >= 15 is 0 Å². The normalized spacial score (nSPS) is 27.4. The molecular weight excluding hydrogens is 335 g/mol. The maximum absolute atomic E-state index is 13.7. The van der Waals surface area contributed by atoms with Crippen LogP contribution < -0.4 is 10.5 Å². The van der Waals surface area contributed by atoms with Gasteiger partial charge in [-0.15, -0.1) is 0 Å². The molecule has 8 heteroatoms. The number of sulfonamides is 1. The van der Waals surface area contributed by atoms with Gasteiger partial charge >= 0.3 is 0 Å². The Bertz CT molecular complexity index is 697. The van der Waals surface area contributed by atoms with E-state index in [1.54, 1.807) is 0 Å². The summed E-state index contributed by atoms with van der Waals surface area (Å²) < 4.78 is 51.4. The molecule has 0 bridgehead atoms. The highest BCUT2D eigenvalue weighted by Crippen LogP contribution is 2.40. The van der Waals surface area contributed by atoms with Gasteiger partial charge in [-0.2, -0.15) is 4.31 Å². The molecule has 3 rings (SSSR count). The fourth-order valence-electron chi connectivity index (χ4n) is 3.64. The molecule has 2 aliphatic rings. The smallest absolute Gasteiger partial charge is 0.246 e. The highest BCUT2D eigenvalue weighted by Gasteiger charge is 2.45. The van der Waals surface area contributed by atoms with Crippen LogP contribution in [0.2, 0.25) is 0 Å². The standard InChI is InChI=1S/C16H23FN2O4S/c1-22-6-7-23-15-5-3-12(17)8-16(15)24(20,21)19-9-11-2-4-14(18)13(11)10-19/h3,5,8,11,13-14H,2,4,6-7,9-10,18H2,1H3. The van der Waals surface area contributed by atoms with Crippen LogP contribution >= 0.6 is 0 Å². The second kappa shape index (κ2) is 6.95. The quantitative estimate of drug-likeness (QED) is 0.773. The molecule has 1 aliphatic carbocycles. The topological polar surface area (TPSA) is 81.9 Å². The van der Waals surface area contributed by atoms with Crippen LogP contribution in [0.1, 0.15) is 12.8 Å². The number of halogens is 1. The van der Waals surface area contributed by atoms with Crippen molar-refractivity contribution in [3.8, 4) is 5.75 Å². The Hall–Kier alpha value is -1.22. The van der Waals surface area contributed by atoms with Crippen LogP contribution in [0.3, 0.4) is 0 Å². The van der Waals surface area contributed by atoms with E-state index in [2.05, 4.69) is 0 Å². The Labute approximate surface area is 141 Å². The zero-order valence-corrected chi connectivity index (χ0v) is 14.5. The summed E-state index contributed by atoms with van der Waals surface area (Å²) in [7, 11) is -2.30. The molecule has 0 amide bonds. The number of methoxy groups -OCH3 is 1. The zero-order chi connectivity index (χ0) is 17.3. The number of hydrogen-bond donors (Lipinski definition) is 1. The molecule has 3 unspecified atom stereocenters. The first kappa shape index (κ1) is 17.6. The van der Waals surface area contributed by atoms with Gasteiger partial charge in [0.25, 0.3) is 0 Å². The van der Waals surface area contributed by atoms with Gasteiger partial charge in [0.1, 0.15) is 23.1 Å². The molecule has 1 saturated carbocycles. The Morgan fingerprint density at radius 2 is 2.08 bits per heavy atom. The van der Waals surface area contributed by atoms with Crippen molar-refractivity contribution in [3.05, 3.63) is 24.0 Å². The van der Waals surface area contributed by atoms with Crippen molar-refractivity contribution in [2.24, 2.45) is 17.6 Å². The first-order chi connectivity index (χ1) is 11.4. The van der Waals surface area contributed by atoms with Crippen LogP contribution in [0.15, 0.2) is 23.1 Å². The Balaban J connectivity index is 1.85. The molecule has 24 heavy (non-hydrogen) atoms. The predicted octanol–water partition coefficient (Wildman–Crippen LogP) is 1.21. The van der Waals surface area contributed by atoms with Gasteiger partial charge in [-0.1, -0.05) is 0 Å². The maximum Gasteiger partial charge on any atom is 0.246 e. The van der Waals surface area contributed by atoms with E-state index in [1.807, 2.05) is 0 Å². The third kappa shape index (κ3) is 3.28. The third-order valence-corrected chi connectivity index (χ3v) is 6.80. The first-order valence-electron chi connectivity index (χ1n) is 8.10. The Kier molecular flexibility index (Phi) is 5.10. The molecule has 2 N–H and O–H groups in total. The van der Waals surface area contributed by atoms with Crippen LogP contribution in [0.25, 0.3) is 0 Å². The maximum atomic E-state index is 13.7. The van der Waals surface area contributed by atoms with Crippen molar-refractivity contribution in [1.82, 2.24) is 4.31 Å². The molecule has 6 nitrogen and oxygen atoms in total. The van der Waals surface area contributed by atoms with E-state index in [9.17, 15) is 12.8 Å². The minimum Gasteiger partial charge on any atom is -0.490 e. The minimum absolute atomic E-state index is 0.0418. The molecule has 1 heterocycles. The van der Waals surface area contributed by atoms with Gasteiger partial charge in [0.2, 0.25) is 10.0 Å². The predicted molar refractivity (Wildman–Crippen MR) is 86.7 cm³/mol. The van der Waals surface area contributed by atoms with E-state index in [0.29, 0.717) is 25.6 Å². The lowest BCUT2D eigenvalue weighted by atomic mass is 9.98. The molecule has 0 aromatic heterocycles. The molecule has 1 aliphatic heterocycles. The van der Waals surface area contributed by atoms with Crippen LogP contribution in [-0.4, -0.2) is 52.2 Å². The van der Waals surface area contributed by atoms with Crippen molar-refractivity contribution < 1.29 is 22.3 Å². The van der Waals surface area contributed by atoms with Crippen LogP contribution in [-0.2, 0) is 14.8 Å². The number of nitrogens with two attached hydrogens (primary N) is 1. The number of benzene rings is 1. The third-order valence-electron chi connectivity index (χ3n) is 4.95. The molecule has 2 fully saturated rings. The van der Waals surface area contributed by atoms with Crippen LogP contribution in [0.4, 0.5) is 4.39 Å². The average molecular weight is 358 g/mol. The fraction of sp³-hybridized carbons (Fsp3) is 0.625.